The fourth-order valence-corrected chi connectivity index (χ4v) is 1.10. The van der Waals surface area contributed by atoms with Gasteiger partial charge >= 0.3 is 0 Å². The van der Waals surface area contributed by atoms with Crippen molar-refractivity contribution in [1.82, 2.24) is 5.48 Å². The van der Waals surface area contributed by atoms with Crippen molar-refractivity contribution in [2.75, 3.05) is 7.11 Å². The second kappa shape index (κ2) is 4.09. The van der Waals surface area contributed by atoms with Crippen LogP contribution in [0.4, 0.5) is 0 Å². The Kier molecular flexibility index (Phi) is 3.08. The fourth-order valence-electron chi connectivity index (χ4n) is 1.10. The zero-order valence-corrected chi connectivity index (χ0v) is 7.29. The molecule has 3 nitrogen and oxygen atoms in total. The van der Waals surface area contributed by atoms with Crippen molar-refractivity contribution < 1.29 is 9.94 Å². The molecule has 0 aliphatic rings. The second-order valence-corrected chi connectivity index (χ2v) is 2.70. The van der Waals surface area contributed by atoms with Crippen LogP contribution in [0.15, 0.2) is 18.2 Å². The summed E-state index contributed by atoms with van der Waals surface area (Å²) in [5.41, 5.74) is 4.76. The largest absolute Gasteiger partial charge is 0.508 e. The van der Waals surface area contributed by atoms with Gasteiger partial charge < -0.3 is 9.94 Å². The van der Waals surface area contributed by atoms with E-state index in [9.17, 15) is 5.11 Å². The summed E-state index contributed by atoms with van der Waals surface area (Å²) in [6.07, 6.45) is 0. The summed E-state index contributed by atoms with van der Waals surface area (Å²) in [6, 6.07) is 5.42. The first-order valence-electron chi connectivity index (χ1n) is 3.78. The molecule has 0 unspecified atom stereocenters. The summed E-state index contributed by atoms with van der Waals surface area (Å²) in [4.78, 5) is 4.69. The van der Waals surface area contributed by atoms with Gasteiger partial charge in [-0.25, -0.2) is 0 Å². The van der Waals surface area contributed by atoms with E-state index in [-0.39, 0.29) is 0 Å². The number of aromatic hydroxyl groups is 1. The Labute approximate surface area is 71.9 Å². The lowest BCUT2D eigenvalue weighted by molar-refractivity contribution is 0.0867. The van der Waals surface area contributed by atoms with Crippen molar-refractivity contribution in [2.45, 2.75) is 13.5 Å². The van der Waals surface area contributed by atoms with Gasteiger partial charge in [-0.1, -0.05) is 6.07 Å². The number of hydrogen-bond acceptors (Lipinski definition) is 3. The van der Waals surface area contributed by atoms with Crippen LogP contribution in [0, 0.1) is 6.92 Å². The number of nitrogens with one attached hydrogen (secondary N) is 1. The predicted octanol–water partition coefficient (Wildman–Crippen LogP) is 1.35. The van der Waals surface area contributed by atoms with Crippen LogP contribution in [0.5, 0.6) is 5.75 Å². The van der Waals surface area contributed by atoms with E-state index in [1.54, 1.807) is 19.2 Å². The number of benzene rings is 1. The summed E-state index contributed by atoms with van der Waals surface area (Å²) >= 11 is 0. The predicted molar refractivity (Wildman–Crippen MR) is 46.7 cm³/mol. The highest BCUT2D eigenvalue weighted by Gasteiger charge is 1.95. The SMILES string of the molecule is CONCc1cc(C)cc(O)c1. The van der Waals surface area contributed by atoms with Crippen molar-refractivity contribution in [1.29, 1.82) is 0 Å². The van der Waals surface area contributed by atoms with Gasteiger partial charge in [0.05, 0.1) is 7.11 Å². The topological polar surface area (TPSA) is 41.5 Å². The molecule has 1 aromatic rings. The zero-order valence-electron chi connectivity index (χ0n) is 7.29. The minimum atomic E-state index is 0.294. The first-order valence-corrected chi connectivity index (χ1v) is 3.78. The molecule has 0 aromatic heterocycles. The molecular formula is C9H13NO2. The summed E-state index contributed by atoms with van der Waals surface area (Å²) < 4.78 is 0. The first-order chi connectivity index (χ1) is 5.72. The van der Waals surface area contributed by atoms with Gasteiger partial charge in [-0.15, -0.1) is 0 Å². The van der Waals surface area contributed by atoms with Crippen molar-refractivity contribution in [3.8, 4) is 5.75 Å². The lowest BCUT2D eigenvalue weighted by atomic mass is 10.1. The van der Waals surface area contributed by atoms with Crippen LogP contribution in [0.25, 0.3) is 0 Å². The average Bonchev–Trinajstić information content (AvgIpc) is 1.99. The lowest BCUT2D eigenvalue weighted by Gasteiger charge is -2.03. The molecule has 1 rings (SSSR count). The van der Waals surface area contributed by atoms with Gasteiger partial charge in [-0.05, 0) is 30.2 Å². The minimum absolute atomic E-state index is 0.294. The summed E-state index contributed by atoms with van der Waals surface area (Å²) in [7, 11) is 1.57. The maximum Gasteiger partial charge on any atom is 0.116 e. The number of aryl methyl sites for hydroxylation is 1. The van der Waals surface area contributed by atoms with Crippen LogP contribution in [0.1, 0.15) is 11.1 Å². The molecule has 66 valence electrons. The first kappa shape index (κ1) is 9.03. The maximum atomic E-state index is 9.22. The van der Waals surface area contributed by atoms with Gasteiger partial charge in [0.25, 0.3) is 0 Å². The molecule has 0 atom stereocenters. The highest BCUT2D eigenvalue weighted by molar-refractivity contribution is 5.32. The minimum Gasteiger partial charge on any atom is -0.508 e. The molecule has 0 spiro atoms. The average molecular weight is 167 g/mol. The van der Waals surface area contributed by atoms with Gasteiger partial charge in [-0.2, -0.15) is 5.48 Å². The van der Waals surface area contributed by atoms with E-state index in [0.717, 1.165) is 11.1 Å². The number of hydroxylamine groups is 1. The molecule has 3 heteroatoms. The van der Waals surface area contributed by atoms with E-state index in [4.69, 9.17) is 4.84 Å². The second-order valence-electron chi connectivity index (χ2n) is 2.70. The molecule has 0 amide bonds. The van der Waals surface area contributed by atoms with E-state index >= 15 is 0 Å². The van der Waals surface area contributed by atoms with E-state index in [2.05, 4.69) is 5.48 Å². The maximum absolute atomic E-state index is 9.22. The van der Waals surface area contributed by atoms with Crippen LogP contribution in [-0.4, -0.2) is 12.2 Å². The third-order valence-corrected chi connectivity index (χ3v) is 1.54. The third kappa shape index (κ3) is 2.53. The Morgan fingerprint density at radius 2 is 2.17 bits per heavy atom. The molecular weight excluding hydrogens is 154 g/mol. The third-order valence-electron chi connectivity index (χ3n) is 1.54. The molecule has 0 aliphatic heterocycles. The van der Waals surface area contributed by atoms with E-state index < -0.39 is 0 Å². The molecule has 12 heavy (non-hydrogen) atoms. The highest BCUT2D eigenvalue weighted by atomic mass is 16.6. The standard InChI is InChI=1S/C9H13NO2/c1-7-3-8(6-10-12-2)5-9(11)4-7/h3-5,10-11H,6H2,1-2H3. The molecule has 0 aliphatic carbocycles. The molecule has 2 N–H and O–H groups in total. The van der Waals surface area contributed by atoms with Gasteiger partial charge in [-0.3, -0.25) is 0 Å². The summed E-state index contributed by atoms with van der Waals surface area (Å²) in [5.74, 6) is 0.294. The van der Waals surface area contributed by atoms with Crippen molar-refractivity contribution in [3.63, 3.8) is 0 Å². The summed E-state index contributed by atoms with van der Waals surface area (Å²) in [5, 5.41) is 9.22. The Morgan fingerprint density at radius 1 is 1.42 bits per heavy atom. The number of hydrogen-bond donors (Lipinski definition) is 2. The van der Waals surface area contributed by atoms with Crippen molar-refractivity contribution in [3.05, 3.63) is 29.3 Å². The number of phenols is 1. The highest BCUT2D eigenvalue weighted by Crippen LogP contribution is 2.14. The Bertz CT molecular complexity index is 240. The molecule has 0 fully saturated rings. The van der Waals surface area contributed by atoms with Crippen LogP contribution in [0.3, 0.4) is 0 Å². The summed E-state index contributed by atoms with van der Waals surface area (Å²) in [6.45, 7) is 2.54. The van der Waals surface area contributed by atoms with Crippen molar-refractivity contribution in [2.24, 2.45) is 0 Å². The van der Waals surface area contributed by atoms with Crippen LogP contribution >= 0.6 is 0 Å². The Hall–Kier alpha value is -1.06. The Balaban J connectivity index is 2.72. The van der Waals surface area contributed by atoms with Gasteiger partial charge in [0.2, 0.25) is 0 Å². The van der Waals surface area contributed by atoms with E-state index in [0.29, 0.717) is 12.3 Å². The van der Waals surface area contributed by atoms with Crippen molar-refractivity contribution >= 4 is 0 Å². The molecule has 0 saturated carbocycles. The lowest BCUT2D eigenvalue weighted by Crippen LogP contribution is -2.10. The zero-order chi connectivity index (χ0) is 8.97. The number of phenolic OH excluding ortho intramolecular Hbond substituents is 1. The molecule has 0 heterocycles. The molecule has 0 bridgehead atoms. The van der Waals surface area contributed by atoms with Gasteiger partial charge in [0.15, 0.2) is 0 Å². The van der Waals surface area contributed by atoms with Gasteiger partial charge in [0.1, 0.15) is 5.75 Å². The normalized spacial score (nSPS) is 10.2. The monoisotopic (exact) mass is 167 g/mol. The van der Waals surface area contributed by atoms with Crippen LogP contribution in [-0.2, 0) is 11.4 Å². The number of rotatable bonds is 3. The fraction of sp³-hybridized carbons (Fsp3) is 0.333. The van der Waals surface area contributed by atoms with Gasteiger partial charge in [0, 0.05) is 6.54 Å². The molecule has 1 aromatic carbocycles. The van der Waals surface area contributed by atoms with E-state index in [1.807, 2.05) is 13.0 Å². The van der Waals surface area contributed by atoms with Crippen LogP contribution < -0.4 is 5.48 Å². The van der Waals surface area contributed by atoms with Crippen LogP contribution in [0.2, 0.25) is 0 Å². The molecule has 0 saturated heterocycles. The quantitative estimate of drug-likeness (QED) is 0.668. The van der Waals surface area contributed by atoms with E-state index in [1.165, 1.54) is 0 Å². The molecule has 0 radical (unpaired) electrons. The Morgan fingerprint density at radius 3 is 2.75 bits per heavy atom. The smallest absolute Gasteiger partial charge is 0.116 e.